The first-order valence-electron chi connectivity index (χ1n) is 9.24. The number of nitrogens with zero attached hydrogens (tertiary/aromatic N) is 1. The van der Waals surface area contributed by atoms with Crippen LogP contribution in [0.4, 0.5) is 0 Å². The number of amides is 1. The monoisotopic (exact) mass is 307 g/mol. The fourth-order valence-corrected chi connectivity index (χ4v) is 4.38. The predicted molar refractivity (Wildman–Crippen MR) is 83.4 cm³/mol. The van der Waals surface area contributed by atoms with Crippen LogP contribution in [0.3, 0.4) is 0 Å². The first-order valence-corrected chi connectivity index (χ1v) is 9.24. The van der Waals surface area contributed by atoms with Crippen LogP contribution >= 0.6 is 0 Å². The maximum atomic E-state index is 12.6. The van der Waals surface area contributed by atoms with Crippen molar-refractivity contribution in [2.24, 2.45) is 17.8 Å². The van der Waals surface area contributed by atoms with Crippen molar-refractivity contribution in [3.05, 3.63) is 0 Å². The van der Waals surface area contributed by atoms with E-state index in [1.165, 1.54) is 12.8 Å². The molecule has 2 aliphatic carbocycles. The minimum absolute atomic E-state index is 0.249. The number of hydrogen-bond donors (Lipinski definition) is 0. The van der Waals surface area contributed by atoms with Gasteiger partial charge in [-0.05, 0) is 56.8 Å². The molecule has 0 unspecified atom stereocenters. The SMILES string of the molecule is CC1CC(C(=O)N2CC[C@H]3O[C@H](COCC4CC4)CC[C@H]32)C1. The van der Waals surface area contributed by atoms with E-state index in [-0.39, 0.29) is 12.2 Å². The van der Waals surface area contributed by atoms with Crippen LogP contribution in [0.2, 0.25) is 0 Å². The van der Waals surface area contributed by atoms with Crippen molar-refractivity contribution in [2.75, 3.05) is 19.8 Å². The van der Waals surface area contributed by atoms with Crippen molar-refractivity contribution in [3.8, 4) is 0 Å². The summed E-state index contributed by atoms with van der Waals surface area (Å²) in [5.41, 5.74) is 0. The fourth-order valence-electron chi connectivity index (χ4n) is 4.38. The number of ether oxygens (including phenoxy) is 2. The third-order valence-electron chi connectivity index (χ3n) is 6.00. The maximum absolute atomic E-state index is 12.6. The third kappa shape index (κ3) is 3.05. The Morgan fingerprint density at radius 2 is 1.95 bits per heavy atom. The summed E-state index contributed by atoms with van der Waals surface area (Å²) in [5, 5.41) is 0. The molecule has 0 aromatic rings. The molecule has 2 saturated heterocycles. The summed E-state index contributed by atoms with van der Waals surface area (Å²) in [5.74, 6) is 2.26. The molecule has 4 nitrogen and oxygen atoms in total. The lowest BCUT2D eigenvalue weighted by atomic mass is 9.75. The van der Waals surface area contributed by atoms with E-state index in [0.29, 0.717) is 17.9 Å². The minimum atomic E-state index is 0.249. The molecule has 3 atom stereocenters. The van der Waals surface area contributed by atoms with Gasteiger partial charge in [-0.3, -0.25) is 4.79 Å². The van der Waals surface area contributed by atoms with Crippen molar-refractivity contribution in [2.45, 2.75) is 70.1 Å². The highest BCUT2D eigenvalue weighted by Gasteiger charge is 2.45. The molecule has 1 amide bonds. The molecule has 4 rings (SSSR count). The van der Waals surface area contributed by atoms with Crippen molar-refractivity contribution in [1.82, 2.24) is 4.90 Å². The van der Waals surface area contributed by atoms with Gasteiger partial charge in [-0.2, -0.15) is 0 Å². The zero-order valence-corrected chi connectivity index (χ0v) is 13.7. The Bertz CT molecular complexity index is 417. The highest BCUT2D eigenvalue weighted by molar-refractivity contribution is 5.80. The Balaban J connectivity index is 1.25. The zero-order chi connectivity index (χ0) is 15.1. The summed E-state index contributed by atoms with van der Waals surface area (Å²) in [6.45, 7) is 4.80. The molecule has 2 heterocycles. The van der Waals surface area contributed by atoms with Crippen LogP contribution in [0.15, 0.2) is 0 Å². The lowest BCUT2D eigenvalue weighted by Crippen LogP contribution is -2.49. The van der Waals surface area contributed by atoms with Crippen LogP contribution in [-0.4, -0.2) is 48.8 Å². The number of likely N-dealkylation sites (tertiary alicyclic amines) is 1. The van der Waals surface area contributed by atoms with Crippen molar-refractivity contribution >= 4 is 5.91 Å². The second-order valence-corrected chi connectivity index (χ2v) is 8.02. The van der Waals surface area contributed by atoms with Crippen LogP contribution in [0.1, 0.15) is 51.9 Å². The molecule has 2 aliphatic heterocycles. The van der Waals surface area contributed by atoms with Gasteiger partial charge in [0.15, 0.2) is 0 Å². The normalized spacial score (nSPS) is 41.1. The average molecular weight is 307 g/mol. The second-order valence-electron chi connectivity index (χ2n) is 8.02. The molecule has 0 bridgehead atoms. The molecule has 4 aliphatic rings. The molecule has 124 valence electrons. The van der Waals surface area contributed by atoms with Crippen LogP contribution in [0.5, 0.6) is 0 Å². The van der Waals surface area contributed by atoms with Gasteiger partial charge in [0.1, 0.15) is 0 Å². The molecule has 22 heavy (non-hydrogen) atoms. The van der Waals surface area contributed by atoms with Gasteiger partial charge in [-0.1, -0.05) is 6.92 Å². The molecular weight excluding hydrogens is 278 g/mol. The Hall–Kier alpha value is -0.610. The Kier molecular flexibility index (Phi) is 4.16. The molecule has 0 aromatic heterocycles. The van der Waals surface area contributed by atoms with E-state index in [1.807, 2.05) is 0 Å². The van der Waals surface area contributed by atoms with Gasteiger partial charge in [0.05, 0.1) is 24.9 Å². The van der Waals surface area contributed by atoms with Crippen molar-refractivity contribution < 1.29 is 14.3 Å². The smallest absolute Gasteiger partial charge is 0.226 e. The summed E-state index contributed by atoms with van der Waals surface area (Å²) in [6.07, 6.45) is 8.50. The third-order valence-corrected chi connectivity index (χ3v) is 6.00. The maximum Gasteiger partial charge on any atom is 0.226 e. The van der Waals surface area contributed by atoms with E-state index in [1.54, 1.807) is 0 Å². The number of carbonyl (C=O) groups is 1. The van der Waals surface area contributed by atoms with Crippen LogP contribution in [0, 0.1) is 17.8 Å². The first-order chi connectivity index (χ1) is 10.7. The number of fused-ring (bicyclic) bond motifs is 1. The molecular formula is C18H29NO3. The summed E-state index contributed by atoms with van der Waals surface area (Å²) in [7, 11) is 0. The Labute approximate surface area is 133 Å². The predicted octanol–water partition coefficient (Wildman–Crippen LogP) is 2.61. The molecule has 0 radical (unpaired) electrons. The van der Waals surface area contributed by atoms with Gasteiger partial charge in [0.25, 0.3) is 0 Å². The van der Waals surface area contributed by atoms with E-state index in [4.69, 9.17) is 9.47 Å². The van der Waals surface area contributed by atoms with Crippen molar-refractivity contribution in [1.29, 1.82) is 0 Å². The van der Waals surface area contributed by atoms with Gasteiger partial charge < -0.3 is 14.4 Å². The van der Waals surface area contributed by atoms with Gasteiger partial charge in [-0.25, -0.2) is 0 Å². The van der Waals surface area contributed by atoms with E-state index >= 15 is 0 Å². The van der Waals surface area contributed by atoms with Gasteiger partial charge in [-0.15, -0.1) is 0 Å². The van der Waals surface area contributed by atoms with Crippen LogP contribution < -0.4 is 0 Å². The zero-order valence-electron chi connectivity index (χ0n) is 13.7. The average Bonchev–Trinajstić information content (AvgIpc) is 3.21. The molecule has 0 spiro atoms. The van der Waals surface area contributed by atoms with Crippen molar-refractivity contribution in [3.63, 3.8) is 0 Å². The highest BCUT2D eigenvalue weighted by Crippen LogP contribution is 2.38. The Morgan fingerprint density at radius 3 is 2.68 bits per heavy atom. The largest absolute Gasteiger partial charge is 0.378 e. The summed E-state index contributed by atoms with van der Waals surface area (Å²) in [4.78, 5) is 14.8. The molecule has 4 fully saturated rings. The summed E-state index contributed by atoms with van der Waals surface area (Å²) in [6, 6.07) is 0.336. The van der Waals surface area contributed by atoms with E-state index < -0.39 is 0 Å². The van der Waals surface area contributed by atoms with Gasteiger partial charge in [0, 0.05) is 19.1 Å². The number of carbonyl (C=O) groups excluding carboxylic acids is 1. The molecule has 0 N–H and O–H groups in total. The number of rotatable bonds is 5. The van der Waals surface area contributed by atoms with Gasteiger partial charge >= 0.3 is 0 Å². The van der Waals surface area contributed by atoms with Gasteiger partial charge in [0.2, 0.25) is 5.91 Å². The standard InChI is InChI=1S/C18H29NO3/c1-12-8-14(9-12)18(20)19-7-6-17-16(19)5-4-15(22-17)11-21-10-13-2-3-13/h12-17H,2-11H2,1H3/t12?,14?,15-,16+,17+/m0/s1. The van der Waals surface area contributed by atoms with E-state index in [0.717, 1.165) is 63.7 Å². The minimum Gasteiger partial charge on any atom is -0.378 e. The lowest BCUT2D eigenvalue weighted by Gasteiger charge is -2.40. The first kappa shape index (κ1) is 14.9. The quantitative estimate of drug-likeness (QED) is 0.784. The molecule has 2 saturated carbocycles. The van der Waals surface area contributed by atoms with E-state index in [9.17, 15) is 4.79 Å². The van der Waals surface area contributed by atoms with Crippen LogP contribution in [-0.2, 0) is 14.3 Å². The summed E-state index contributed by atoms with van der Waals surface area (Å²) >= 11 is 0. The Morgan fingerprint density at radius 1 is 1.14 bits per heavy atom. The molecule has 0 aromatic carbocycles. The van der Waals surface area contributed by atoms with E-state index in [2.05, 4.69) is 11.8 Å². The fraction of sp³-hybridized carbons (Fsp3) is 0.944. The topological polar surface area (TPSA) is 38.8 Å². The lowest BCUT2D eigenvalue weighted by molar-refractivity contribution is -0.146. The molecule has 4 heteroatoms. The second kappa shape index (κ2) is 6.12. The summed E-state index contributed by atoms with van der Waals surface area (Å²) < 4.78 is 12.0. The van der Waals surface area contributed by atoms with Crippen LogP contribution in [0.25, 0.3) is 0 Å². The number of hydrogen-bond acceptors (Lipinski definition) is 3. The highest BCUT2D eigenvalue weighted by atomic mass is 16.5.